The van der Waals surface area contributed by atoms with Crippen LogP contribution in [0.5, 0.6) is 0 Å². The smallest absolute Gasteiger partial charge is 0.325 e. The lowest BCUT2D eigenvalue weighted by atomic mass is 9.78. The molecule has 6 heteroatoms. The van der Waals surface area contributed by atoms with Crippen molar-refractivity contribution in [3.63, 3.8) is 0 Å². The molecule has 2 N–H and O–H groups in total. The second kappa shape index (κ2) is 7.14. The summed E-state index contributed by atoms with van der Waals surface area (Å²) in [7, 11) is -4.07. The Labute approximate surface area is 103 Å². The van der Waals surface area contributed by atoms with Crippen LogP contribution in [0, 0.1) is 5.41 Å². The molecule has 0 saturated carbocycles. The highest BCUT2D eigenvalue weighted by Gasteiger charge is 2.38. The van der Waals surface area contributed by atoms with E-state index in [9.17, 15) is 9.36 Å². The summed E-state index contributed by atoms with van der Waals surface area (Å²) in [4.78, 5) is 29.8. The highest BCUT2D eigenvalue weighted by Crippen LogP contribution is 2.42. The molecule has 0 amide bonds. The van der Waals surface area contributed by atoms with Crippen LogP contribution in [-0.2, 0) is 14.1 Å². The molecule has 0 aliphatic heterocycles. The third kappa shape index (κ3) is 5.66. The van der Waals surface area contributed by atoms with Gasteiger partial charge in [-0.2, -0.15) is 0 Å². The number of ether oxygens (including phenoxy) is 1. The maximum atomic E-state index is 11.9. The summed E-state index contributed by atoms with van der Waals surface area (Å²) in [5, 5.41) is 0. The molecule has 0 fully saturated rings. The van der Waals surface area contributed by atoms with E-state index in [2.05, 4.69) is 0 Å². The highest BCUT2D eigenvalue weighted by atomic mass is 31.2. The summed E-state index contributed by atoms with van der Waals surface area (Å²) in [6, 6.07) is 0. The topological polar surface area (TPSA) is 83.8 Å². The molecule has 5 nitrogen and oxygen atoms in total. The third-order valence-corrected chi connectivity index (χ3v) is 3.80. The fraction of sp³-hybridized carbons (Fsp3) is 0.909. The van der Waals surface area contributed by atoms with Crippen LogP contribution in [0.1, 0.15) is 46.5 Å². The predicted molar refractivity (Wildman–Crippen MR) is 65.8 cm³/mol. The molecule has 0 radical (unpaired) electrons. The maximum Gasteiger partial charge on any atom is 0.325 e. The van der Waals surface area contributed by atoms with Gasteiger partial charge >= 0.3 is 13.6 Å². The summed E-state index contributed by atoms with van der Waals surface area (Å²) in [5.41, 5.74) is -0.744. The number of rotatable bonds is 8. The molecule has 0 bridgehead atoms. The van der Waals surface area contributed by atoms with E-state index in [1.807, 2.05) is 13.8 Å². The Balaban J connectivity index is 4.81. The van der Waals surface area contributed by atoms with Gasteiger partial charge in [0.05, 0.1) is 18.2 Å². The molecular weight excluding hydrogens is 243 g/mol. The number of carbonyl (C=O) groups excluding carboxylic acids is 1. The zero-order chi connectivity index (χ0) is 13.5. The summed E-state index contributed by atoms with van der Waals surface area (Å²) in [5.74, 6) is -0.335. The van der Waals surface area contributed by atoms with Crippen LogP contribution < -0.4 is 0 Å². The number of hydrogen-bond donors (Lipinski definition) is 2. The summed E-state index contributed by atoms with van der Waals surface area (Å²) in [6.45, 7) is 5.82. The van der Waals surface area contributed by atoms with Crippen LogP contribution in [0.2, 0.25) is 0 Å². The van der Waals surface area contributed by atoms with E-state index in [-0.39, 0.29) is 18.6 Å². The van der Waals surface area contributed by atoms with Crippen LogP contribution in [0.25, 0.3) is 0 Å². The monoisotopic (exact) mass is 266 g/mol. The quantitative estimate of drug-likeness (QED) is 0.520. The van der Waals surface area contributed by atoms with Gasteiger partial charge in [0.15, 0.2) is 0 Å². The van der Waals surface area contributed by atoms with Gasteiger partial charge in [-0.05, 0) is 26.2 Å². The Bertz CT molecular complexity index is 286. The SMILES string of the molecule is CCCC(CC)(CCP(=O)(O)O)C(=O)OCC. The first-order chi connectivity index (χ1) is 7.81. The van der Waals surface area contributed by atoms with Gasteiger partial charge in [0.25, 0.3) is 0 Å². The molecule has 0 spiro atoms. The van der Waals surface area contributed by atoms with Crippen molar-refractivity contribution in [3.8, 4) is 0 Å². The Morgan fingerprint density at radius 2 is 1.82 bits per heavy atom. The maximum absolute atomic E-state index is 11.9. The molecule has 0 saturated heterocycles. The predicted octanol–water partition coefficient (Wildman–Crippen LogP) is 2.31. The molecule has 0 rings (SSSR count). The second-order valence-corrected chi connectivity index (χ2v) is 6.02. The van der Waals surface area contributed by atoms with Crippen LogP contribution >= 0.6 is 7.60 Å². The average Bonchev–Trinajstić information content (AvgIpc) is 2.23. The van der Waals surface area contributed by atoms with E-state index in [1.54, 1.807) is 6.92 Å². The van der Waals surface area contributed by atoms with Crippen LogP contribution in [0.4, 0.5) is 0 Å². The average molecular weight is 266 g/mol. The summed E-state index contributed by atoms with van der Waals surface area (Å²) in [6.07, 6.45) is 1.84. The summed E-state index contributed by atoms with van der Waals surface area (Å²) < 4.78 is 15.9. The van der Waals surface area contributed by atoms with Gasteiger partial charge in [-0.1, -0.05) is 20.3 Å². The first-order valence-electron chi connectivity index (χ1n) is 6.03. The van der Waals surface area contributed by atoms with Gasteiger partial charge in [-0.3, -0.25) is 9.36 Å². The van der Waals surface area contributed by atoms with Crippen LogP contribution in [0.3, 0.4) is 0 Å². The molecule has 0 aromatic carbocycles. The minimum atomic E-state index is -4.07. The van der Waals surface area contributed by atoms with Crippen molar-refractivity contribution < 1.29 is 23.9 Å². The molecular formula is C11H23O5P. The fourth-order valence-electron chi connectivity index (χ4n) is 1.95. The minimum absolute atomic E-state index is 0.181. The van der Waals surface area contributed by atoms with Gasteiger partial charge in [-0.25, -0.2) is 0 Å². The van der Waals surface area contributed by atoms with Crippen molar-refractivity contribution in [2.45, 2.75) is 46.5 Å². The normalized spacial score (nSPS) is 15.4. The van der Waals surface area contributed by atoms with Gasteiger partial charge < -0.3 is 14.5 Å². The van der Waals surface area contributed by atoms with Crippen molar-refractivity contribution in [1.82, 2.24) is 0 Å². The minimum Gasteiger partial charge on any atom is -0.466 e. The standard InChI is InChI=1S/C11H23O5P/c1-4-7-11(5-2,10(12)16-6-3)8-9-17(13,14)15/h4-9H2,1-3H3,(H2,13,14,15). The third-order valence-electron chi connectivity index (χ3n) is 3.00. The van der Waals surface area contributed by atoms with E-state index in [4.69, 9.17) is 14.5 Å². The Morgan fingerprint density at radius 3 is 2.18 bits per heavy atom. The second-order valence-electron chi connectivity index (χ2n) is 4.24. The lowest BCUT2D eigenvalue weighted by molar-refractivity contribution is -0.156. The number of esters is 1. The Kier molecular flexibility index (Phi) is 6.98. The molecule has 1 atom stereocenters. The van der Waals surface area contributed by atoms with E-state index in [1.165, 1.54) is 0 Å². The van der Waals surface area contributed by atoms with E-state index < -0.39 is 13.0 Å². The fourth-order valence-corrected chi connectivity index (χ4v) is 2.67. The molecule has 0 heterocycles. The lowest BCUT2D eigenvalue weighted by Crippen LogP contribution is -2.33. The number of carbonyl (C=O) groups is 1. The van der Waals surface area contributed by atoms with E-state index >= 15 is 0 Å². The van der Waals surface area contributed by atoms with Gasteiger partial charge in [0.1, 0.15) is 0 Å². The molecule has 0 aliphatic rings. The first-order valence-corrected chi connectivity index (χ1v) is 7.83. The summed E-state index contributed by atoms with van der Waals surface area (Å²) >= 11 is 0. The zero-order valence-corrected chi connectivity index (χ0v) is 11.7. The highest BCUT2D eigenvalue weighted by molar-refractivity contribution is 7.51. The lowest BCUT2D eigenvalue weighted by Gasteiger charge is -2.30. The van der Waals surface area contributed by atoms with E-state index in [0.29, 0.717) is 19.4 Å². The van der Waals surface area contributed by atoms with Gasteiger partial charge in [0.2, 0.25) is 0 Å². The zero-order valence-electron chi connectivity index (χ0n) is 10.8. The van der Waals surface area contributed by atoms with Crippen molar-refractivity contribution in [1.29, 1.82) is 0 Å². The number of hydrogen-bond acceptors (Lipinski definition) is 3. The molecule has 0 aliphatic carbocycles. The van der Waals surface area contributed by atoms with E-state index in [0.717, 1.165) is 6.42 Å². The van der Waals surface area contributed by atoms with Crippen molar-refractivity contribution in [3.05, 3.63) is 0 Å². The Hall–Kier alpha value is -0.380. The van der Waals surface area contributed by atoms with Crippen LogP contribution in [0.15, 0.2) is 0 Å². The van der Waals surface area contributed by atoms with Crippen molar-refractivity contribution in [2.24, 2.45) is 5.41 Å². The largest absolute Gasteiger partial charge is 0.466 e. The van der Waals surface area contributed by atoms with Crippen LogP contribution in [-0.4, -0.2) is 28.5 Å². The molecule has 0 aromatic heterocycles. The Morgan fingerprint density at radius 1 is 1.24 bits per heavy atom. The molecule has 17 heavy (non-hydrogen) atoms. The molecule has 102 valence electrons. The first kappa shape index (κ1) is 16.6. The van der Waals surface area contributed by atoms with Crippen molar-refractivity contribution >= 4 is 13.6 Å². The van der Waals surface area contributed by atoms with Gasteiger partial charge in [-0.15, -0.1) is 0 Å². The molecule has 1 unspecified atom stereocenters. The molecule has 0 aromatic rings. The van der Waals surface area contributed by atoms with Crippen molar-refractivity contribution in [2.75, 3.05) is 12.8 Å². The van der Waals surface area contributed by atoms with Gasteiger partial charge in [0, 0.05) is 0 Å².